The number of aryl methyl sites for hydroxylation is 1. The summed E-state index contributed by atoms with van der Waals surface area (Å²) in [7, 11) is 0. The number of quaternary nitrogens is 1. The third-order valence-electron chi connectivity index (χ3n) is 5.52. The molecule has 0 radical (unpaired) electrons. The van der Waals surface area contributed by atoms with Crippen molar-refractivity contribution in [2.45, 2.75) is 19.6 Å². The first-order valence-corrected chi connectivity index (χ1v) is 10.5. The zero-order valence-corrected chi connectivity index (χ0v) is 17.5. The van der Waals surface area contributed by atoms with Gasteiger partial charge in [-0.25, -0.2) is 0 Å². The second kappa shape index (κ2) is 9.22. The number of benzene rings is 2. The van der Waals surface area contributed by atoms with Crippen LogP contribution in [0.25, 0.3) is 0 Å². The van der Waals surface area contributed by atoms with Crippen LogP contribution in [0.2, 0.25) is 5.02 Å². The fourth-order valence-electron chi connectivity index (χ4n) is 3.93. The summed E-state index contributed by atoms with van der Waals surface area (Å²) in [6.45, 7) is 7.76. The van der Waals surface area contributed by atoms with Crippen LogP contribution in [0.1, 0.15) is 11.1 Å². The molecule has 2 N–H and O–H groups in total. The second-order valence-corrected chi connectivity index (χ2v) is 8.16. The fourth-order valence-corrected chi connectivity index (χ4v) is 4.09. The lowest BCUT2D eigenvalue weighted by Crippen LogP contribution is -3.16. The van der Waals surface area contributed by atoms with Gasteiger partial charge in [0, 0.05) is 10.7 Å². The summed E-state index contributed by atoms with van der Waals surface area (Å²) in [6, 6.07) is 11.8. The van der Waals surface area contributed by atoms with Crippen molar-refractivity contribution in [2.24, 2.45) is 0 Å². The van der Waals surface area contributed by atoms with Crippen molar-refractivity contribution in [3.05, 3.63) is 52.5 Å². The standard InChI is InChI=1S/C22H27ClN2O4/c1-16-2-4-18(23)11-20(16)25-8-6-24(7-9-25)12-19(26)14-27-13-17-3-5-21-22(10-17)29-15-28-21/h2-5,10-11,19,26H,6-9,12-15H2,1H3/p+1/t19-/m0/s1. The predicted octanol–water partition coefficient (Wildman–Crippen LogP) is 1.66. The maximum absolute atomic E-state index is 10.4. The Morgan fingerprint density at radius 3 is 2.76 bits per heavy atom. The van der Waals surface area contributed by atoms with E-state index in [1.54, 1.807) is 0 Å². The van der Waals surface area contributed by atoms with Gasteiger partial charge in [-0.1, -0.05) is 23.7 Å². The van der Waals surface area contributed by atoms with Crippen molar-refractivity contribution in [2.75, 3.05) is 51.0 Å². The summed E-state index contributed by atoms with van der Waals surface area (Å²) in [5.41, 5.74) is 3.47. The van der Waals surface area contributed by atoms with E-state index in [4.69, 9.17) is 25.8 Å². The number of fused-ring (bicyclic) bond motifs is 1. The molecule has 29 heavy (non-hydrogen) atoms. The van der Waals surface area contributed by atoms with Gasteiger partial charge in [-0.3, -0.25) is 0 Å². The highest BCUT2D eigenvalue weighted by atomic mass is 35.5. The molecule has 1 atom stereocenters. The topological polar surface area (TPSA) is 55.6 Å². The number of aliphatic hydroxyl groups excluding tert-OH is 1. The maximum atomic E-state index is 10.4. The molecular weight excluding hydrogens is 392 g/mol. The molecule has 2 heterocycles. The minimum atomic E-state index is -0.474. The van der Waals surface area contributed by atoms with Gasteiger partial charge in [-0.2, -0.15) is 0 Å². The minimum absolute atomic E-state index is 0.269. The van der Waals surface area contributed by atoms with E-state index in [0.717, 1.165) is 48.3 Å². The monoisotopic (exact) mass is 419 g/mol. The third kappa shape index (κ3) is 5.14. The molecule has 0 unspecified atom stereocenters. The van der Waals surface area contributed by atoms with Crippen molar-refractivity contribution in [3.8, 4) is 11.5 Å². The van der Waals surface area contributed by atoms with Gasteiger partial charge >= 0.3 is 0 Å². The molecule has 156 valence electrons. The summed E-state index contributed by atoms with van der Waals surface area (Å²) in [6.07, 6.45) is -0.474. The van der Waals surface area contributed by atoms with E-state index in [1.165, 1.54) is 16.2 Å². The second-order valence-electron chi connectivity index (χ2n) is 7.73. The molecule has 2 aliphatic heterocycles. The largest absolute Gasteiger partial charge is 0.454 e. The normalized spacial score (nSPS) is 17.6. The summed E-state index contributed by atoms with van der Waals surface area (Å²) in [4.78, 5) is 3.79. The van der Waals surface area contributed by atoms with Gasteiger partial charge in [0.15, 0.2) is 11.5 Å². The number of nitrogens with one attached hydrogen (secondary N) is 1. The number of ether oxygens (including phenoxy) is 3. The van der Waals surface area contributed by atoms with E-state index in [2.05, 4.69) is 17.9 Å². The molecule has 0 saturated carbocycles. The van der Waals surface area contributed by atoms with Gasteiger partial charge in [0.1, 0.15) is 12.6 Å². The molecule has 4 rings (SSSR count). The molecule has 0 bridgehead atoms. The fraction of sp³-hybridized carbons (Fsp3) is 0.455. The number of rotatable bonds is 7. The van der Waals surface area contributed by atoms with Crippen LogP contribution in [-0.2, 0) is 11.3 Å². The first-order valence-electron chi connectivity index (χ1n) is 10.1. The number of hydrogen-bond donors (Lipinski definition) is 2. The van der Waals surface area contributed by atoms with Crippen molar-refractivity contribution in [3.63, 3.8) is 0 Å². The molecule has 0 aliphatic carbocycles. The average Bonchev–Trinajstić information content (AvgIpc) is 3.18. The molecule has 0 spiro atoms. The van der Waals surface area contributed by atoms with Crippen LogP contribution in [0.5, 0.6) is 11.5 Å². The number of anilines is 1. The van der Waals surface area contributed by atoms with Crippen molar-refractivity contribution >= 4 is 17.3 Å². The predicted molar refractivity (Wildman–Crippen MR) is 112 cm³/mol. The van der Waals surface area contributed by atoms with Gasteiger partial charge in [-0.05, 0) is 42.3 Å². The average molecular weight is 420 g/mol. The number of halogens is 1. The molecule has 0 amide bonds. The Hall–Kier alpha value is -1.99. The zero-order chi connectivity index (χ0) is 20.2. The van der Waals surface area contributed by atoms with Crippen LogP contribution >= 0.6 is 11.6 Å². The van der Waals surface area contributed by atoms with E-state index in [-0.39, 0.29) is 6.79 Å². The Kier molecular flexibility index (Phi) is 6.45. The Bertz CT molecular complexity index is 840. The van der Waals surface area contributed by atoms with Crippen molar-refractivity contribution in [1.82, 2.24) is 0 Å². The van der Waals surface area contributed by atoms with E-state index in [0.29, 0.717) is 19.8 Å². The molecule has 6 nitrogen and oxygen atoms in total. The van der Waals surface area contributed by atoms with Crippen LogP contribution < -0.4 is 19.3 Å². The Morgan fingerprint density at radius 1 is 1.14 bits per heavy atom. The lowest BCUT2D eigenvalue weighted by molar-refractivity contribution is -0.903. The smallest absolute Gasteiger partial charge is 0.231 e. The van der Waals surface area contributed by atoms with Gasteiger partial charge < -0.3 is 29.1 Å². The van der Waals surface area contributed by atoms with Gasteiger partial charge in [0.25, 0.3) is 0 Å². The molecule has 2 aromatic rings. The van der Waals surface area contributed by atoms with Crippen molar-refractivity contribution in [1.29, 1.82) is 0 Å². The lowest BCUT2D eigenvalue weighted by Gasteiger charge is -2.35. The van der Waals surface area contributed by atoms with Crippen LogP contribution in [-0.4, -0.2) is 57.3 Å². The zero-order valence-electron chi connectivity index (χ0n) is 16.7. The Morgan fingerprint density at radius 2 is 1.93 bits per heavy atom. The van der Waals surface area contributed by atoms with E-state index in [9.17, 15) is 5.11 Å². The first kappa shape index (κ1) is 20.3. The van der Waals surface area contributed by atoms with Gasteiger partial charge in [0.05, 0.1) is 39.4 Å². The Balaban J connectivity index is 1.19. The number of piperazine rings is 1. The SMILES string of the molecule is Cc1ccc(Cl)cc1N1CC[NH+](C[C@H](O)COCc2ccc3c(c2)OCO3)CC1. The number of aliphatic hydroxyl groups is 1. The Labute approximate surface area is 176 Å². The number of hydrogen-bond acceptors (Lipinski definition) is 5. The highest BCUT2D eigenvalue weighted by Gasteiger charge is 2.23. The van der Waals surface area contributed by atoms with Gasteiger partial charge in [0.2, 0.25) is 6.79 Å². The van der Waals surface area contributed by atoms with Crippen molar-refractivity contribution < 1.29 is 24.2 Å². The third-order valence-corrected chi connectivity index (χ3v) is 5.76. The lowest BCUT2D eigenvalue weighted by atomic mass is 10.1. The summed E-state index contributed by atoms with van der Waals surface area (Å²) in [5.74, 6) is 1.52. The summed E-state index contributed by atoms with van der Waals surface area (Å²) in [5, 5.41) is 11.1. The van der Waals surface area contributed by atoms with Gasteiger partial charge in [-0.15, -0.1) is 0 Å². The molecule has 2 aromatic carbocycles. The maximum Gasteiger partial charge on any atom is 0.231 e. The quantitative estimate of drug-likeness (QED) is 0.715. The van der Waals surface area contributed by atoms with Crippen LogP contribution in [0, 0.1) is 6.92 Å². The van der Waals surface area contributed by atoms with Crippen LogP contribution in [0.15, 0.2) is 36.4 Å². The molecular formula is C22H28ClN2O4+. The highest BCUT2D eigenvalue weighted by Crippen LogP contribution is 2.32. The minimum Gasteiger partial charge on any atom is -0.454 e. The molecule has 1 saturated heterocycles. The first-order chi connectivity index (χ1) is 14.1. The highest BCUT2D eigenvalue weighted by molar-refractivity contribution is 6.30. The summed E-state index contributed by atoms with van der Waals surface area (Å²) < 4.78 is 16.4. The summed E-state index contributed by atoms with van der Waals surface area (Å²) >= 11 is 6.16. The molecule has 1 fully saturated rings. The van der Waals surface area contributed by atoms with E-state index < -0.39 is 6.10 Å². The molecule has 2 aliphatic rings. The molecule has 0 aromatic heterocycles. The number of nitrogens with zero attached hydrogens (tertiary/aromatic N) is 1. The van der Waals surface area contributed by atoms with E-state index in [1.807, 2.05) is 30.3 Å². The van der Waals surface area contributed by atoms with E-state index >= 15 is 0 Å². The van der Waals surface area contributed by atoms with Crippen LogP contribution in [0.3, 0.4) is 0 Å². The molecule has 7 heteroatoms. The van der Waals surface area contributed by atoms with Crippen LogP contribution in [0.4, 0.5) is 5.69 Å².